The van der Waals surface area contributed by atoms with Crippen molar-refractivity contribution in [3.8, 4) is 0 Å². The lowest BCUT2D eigenvalue weighted by Gasteiger charge is -2.05. The topological polar surface area (TPSA) is 217 Å². The Balaban J connectivity index is 0.000000160. The second-order valence-electron chi connectivity index (χ2n) is 9.93. The molecule has 0 amide bonds. The van der Waals surface area contributed by atoms with Crippen molar-refractivity contribution in [1.29, 1.82) is 0 Å². The van der Waals surface area contributed by atoms with Gasteiger partial charge in [-0.1, -0.05) is 0 Å². The Morgan fingerprint density at radius 1 is 0.756 bits per heavy atom. The third-order valence-electron chi connectivity index (χ3n) is 6.76. The average molecular weight is 625 g/mol. The van der Waals surface area contributed by atoms with Gasteiger partial charge in [0.25, 0.3) is 5.69 Å². The Labute approximate surface area is 251 Å². The highest BCUT2D eigenvalue weighted by Gasteiger charge is 2.22. The third-order valence-corrected chi connectivity index (χ3v) is 6.76. The van der Waals surface area contributed by atoms with Crippen molar-refractivity contribution in [3.05, 3.63) is 112 Å². The number of fused-ring (bicyclic) bond motifs is 3. The molecule has 9 N–H and O–H groups in total. The van der Waals surface area contributed by atoms with Crippen LogP contribution < -0.4 is 11.5 Å². The number of nitro groups is 1. The van der Waals surface area contributed by atoms with E-state index < -0.39 is 40.5 Å². The molecule has 0 aliphatic carbocycles. The van der Waals surface area contributed by atoms with Gasteiger partial charge in [0.15, 0.2) is 0 Å². The number of aliphatic carboxylic acids is 2. The van der Waals surface area contributed by atoms with Crippen molar-refractivity contribution in [2.45, 2.75) is 24.9 Å². The zero-order chi connectivity index (χ0) is 32.8. The maximum atomic E-state index is 13.2. The number of carbonyl (C=O) groups is 2. The van der Waals surface area contributed by atoms with Gasteiger partial charge in [-0.25, -0.2) is 13.2 Å². The van der Waals surface area contributed by atoms with Crippen LogP contribution in [-0.4, -0.2) is 54.1 Å². The molecule has 15 heteroatoms. The summed E-state index contributed by atoms with van der Waals surface area (Å²) in [5.74, 6) is -3.52. The van der Waals surface area contributed by atoms with Crippen molar-refractivity contribution in [2.24, 2.45) is 11.5 Å². The summed E-state index contributed by atoms with van der Waals surface area (Å²) >= 11 is 0. The number of aromatic nitrogens is 3. The molecule has 0 unspecified atom stereocenters. The van der Waals surface area contributed by atoms with E-state index in [0.29, 0.717) is 11.1 Å². The van der Waals surface area contributed by atoms with Gasteiger partial charge in [-0.2, -0.15) is 0 Å². The number of carboxylic acids is 2. The lowest BCUT2D eigenvalue weighted by Crippen LogP contribution is -2.32. The van der Waals surface area contributed by atoms with Crippen LogP contribution in [0.1, 0.15) is 11.1 Å². The van der Waals surface area contributed by atoms with Crippen molar-refractivity contribution < 1.29 is 37.9 Å². The number of H-pyrrole nitrogens is 3. The van der Waals surface area contributed by atoms with Crippen LogP contribution in [0, 0.1) is 27.6 Å². The molecule has 0 spiro atoms. The fraction of sp³-hybridized carbons (Fsp3) is 0.133. The highest BCUT2D eigenvalue weighted by atomic mass is 19.1. The Morgan fingerprint density at radius 2 is 1.31 bits per heavy atom. The number of hydrogen-bond donors (Lipinski definition) is 7. The van der Waals surface area contributed by atoms with E-state index in [4.69, 9.17) is 21.7 Å². The normalized spacial score (nSPS) is 12.2. The summed E-state index contributed by atoms with van der Waals surface area (Å²) in [4.78, 5) is 40.0. The number of nitrogens with zero attached hydrogens (tertiary/aromatic N) is 1. The number of halogens is 3. The number of hydrogen-bond acceptors (Lipinski definition) is 6. The number of nitrogens with one attached hydrogen (secondary N) is 3. The molecular weight excluding hydrogens is 597 g/mol. The minimum absolute atomic E-state index is 0.0815. The van der Waals surface area contributed by atoms with Crippen LogP contribution in [0.3, 0.4) is 0 Å². The van der Waals surface area contributed by atoms with E-state index in [9.17, 15) is 32.9 Å². The molecule has 12 nitrogen and oxygen atoms in total. The second-order valence-corrected chi connectivity index (χ2v) is 9.93. The van der Waals surface area contributed by atoms with Crippen LogP contribution in [0.2, 0.25) is 0 Å². The SMILES string of the molecule is Fc1ccc2cc[nH]c2c1.N[C@@H](Cc1c[nH]c2cc(F)cc([N+](=O)[O-])c12)C(=O)O.N[C@@H](Cc1c[nH]c2cc(F)ccc12)C(=O)O. The van der Waals surface area contributed by atoms with Crippen LogP contribution in [0.4, 0.5) is 18.9 Å². The van der Waals surface area contributed by atoms with Gasteiger partial charge >= 0.3 is 11.9 Å². The molecular formula is C30H27F3N6O6. The monoisotopic (exact) mass is 624 g/mol. The van der Waals surface area contributed by atoms with Crippen LogP contribution in [0.15, 0.2) is 73.2 Å². The summed E-state index contributed by atoms with van der Waals surface area (Å²) in [5, 5.41) is 30.4. The highest BCUT2D eigenvalue weighted by molar-refractivity contribution is 5.92. The zero-order valence-electron chi connectivity index (χ0n) is 23.3. The van der Waals surface area contributed by atoms with E-state index in [2.05, 4.69) is 15.0 Å². The van der Waals surface area contributed by atoms with Gasteiger partial charge in [-0.15, -0.1) is 0 Å². The smallest absolute Gasteiger partial charge is 0.320 e. The van der Waals surface area contributed by atoms with E-state index in [1.54, 1.807) is 24.5 Å². The molecule has 45 heavy (non-hydrogen) atoms. The first kappa shape index (κ1) is 32.2. The summed E-state index contributed by atoms with van der Waals surface area (Å²) < 4.78 is 38.6. The Bertz CT molecular complexity index is 2000. The molecule has 6 rings (SSSR count). The molecule has 0 aliphatic rings. The summed E-state index contributed by atoms with van der Waals surface area (Å²) in [6, 6.07) is 10.7. The van der Waals surface area contributed by atoms with Crippen molar-refractivity contribution >= 4 is 50.3 Å². The zero-order valence-corrected chi connectivity index (χ0v) is 23.3. The van der Waals surface area contributed by atoms with Crippen LogP contribution in [-0.2, 0) is 22.4 Å². The van der Waals surface area contributed by atoms with Crippen molar-refractivity contribution in [2.75, 3.05) is 0 Å². The standard InChI is InChI=1S/C11H10FN3O4.C11H11FN2O2.C8H6FN/c12-6-2-8-10(9(3-6)15(18)19)5(4-14-8)1-7(13)11(16)17;12-7-1-2-8-6(3-9(13)11(15)16)5-14-10(8)4-7;9-7-2-1-6-3-4-10-8(6)5-7/h2-4,7,14H,1,13H2,(H,16,17);1-2,4-5,9,14H,3,13H2,(H,15,16);1-5,10H/t7-;9-;/m00./s1. The van der Waals surface area contributed by atoms with Gasteiger partial charge in [0, 0.05) is 47.9 Å². The quantitative estimate of drug-likeness (QED) is 0.0970. The average Bonchev–Trinajstić information content (AvgIpc) is 3.71. The number of nitro benzene ring substituents is 1. The lowest BCUT2D eigenvalue weighted by atomic mass is 10.0. The molecule has 3 aromatic carbocycles. The number of benzene rings is 3. The first-order chi connectivity index (χ1) is 21.3. The van der Waals surface area contributed by atoms with Crippen molar-refractivity contribution in [3.63, 3.8) is 0 Å². The summed E-state index contributed by atoms with van der Waals surface area (Å²) in [6.45, 7) is 0. The predicted octanol–water partition coefficient (Wildman–Crippen LogP) is 4.74. The van der Waals surface area contributed by atoms with Gasteiger partial charge < -0.3 is 36.6 Å². The second kappa shape index (κ2) is 13.7. The van der Waals surface area contributed by atoms with Gasteiger partial charge in [0.2, 0.25) is 0 Å². The molecule has 3 heterocycles. The minimum Gasteiger partial charge on any atom is -0.480 e. The van der Waals surface area contributed by atoms with Gasteiger partial charge in [0.1, 0.15) is 29.5 Å². The molecule has 3 aromatic heterocycles. The Kier molecular flexibility index (Phi) is 9.85. The molecule has 0 aliphatic heterocycles. The third kappa shape index (κ3) is 7.84. The minimum atomic E-state index is -1.21. The molecule has 0 fully saturated rings. The van der Waals surface area contributed by atoms with E-state index in [1.807, 2.05) is 6.07 Å². The highest BCUT2D eigenvalue weighted by Crippen LogP contribution is 2.30. The molecule has 0 saturated heterocycles. The molecule has 0 saturated carbocycles. The fourth-order valence-corrected chi connectivity index (χ4v) is 4.58. The molecule has 6 aromatic rings. The summed E-state index contributed by atoms with van der Waals surface area (Å²) in [6.07, 6.45) is 5.00. The Hall–Kier alpha value is -5.67. The van der Waals surface area contributed by atoms with Gasteiger partial charge in [-0.3, -0.25) is 19.7 Å². The van der Waals surface area contributed by atoms with E-state index >= 15 is 0 Å². The molecule has 2 atom stereocenters. The summed E-state index contributed by atoms with van der Waals surface area (Å²) in [5.41, 5.74) is 13.3. The van der Waals surface area contributed by atoms with Gasteiger partial charge in [0.05, 0.1) is 21.9 Å². The van der Waals surface area contributed by atoms with E-state index in [0.717, 1.165) is 34.0 Å². The largest absolute Gasteiger partial charge is 0.480 e. The molecule has 0 radical (unpaired) electrons. The van der Waals surface area contributed by atoms with Crippen molar-refractivity contribution in [1.82, 2.24) is 15.0 Å². The number of rotatable bonds is 7. The maximum absolute atomic E-state index is 13.2. The number of carboxylic acid groups (broad SMARTS) is 2. The van der Waals surface area contributed by atoms with Gasteiger partial charge in [-0.05, 0) is 65.0 Å². The number of aromatic amines is 3. The Morgan fingerprint density at radius 3 is 1.96 bits per heavy atom. The van der Waals surface area contributed by atoms with E-state index in [-0.39, 0.29) is 35.4 Å². The lowest BCUT2D eigenvalue weighted by molar-refractivity contribution is -0.383. The first-order valence-corrected chi connectivity index (χ1v) is 13.2. The number of non-ortho nitro benzene ring substituents is 1. The van der Waals surface area contributed by atoms with Crippen LogP contribution in [0.5, 0.6) is 0 Å². The molecule has 234 valence electrons. The number of nitrogens with two attached hydrogens (primary N) is 2. The van der Waals surface area contributed by atoms with E-state index in [1.165, 1.54) is 30.5 Å². The molecule has 0 bridgehead atoms. The maximum Gasteiger partial charge on any atom is 0.320 e. The summed E-state index contributed by atoms with van der Waals surface area (Å²) in [7, 11) is 0. The van der Waals surface area contributed by atoms with Crippen LogP contribution >= 0.6 is 0 Å². The fourth-order valence-electron chi connectivity index (χ4n) is 4.58. The van der Waals surface area contributed by atoms with Crippen LogP contribution in [0.25, 0.3) is 32.7 Å². The first-order valence-electron chi connectivity index (χ1n) is 13.2. The predicted molar refractivity (Wildman–Crippen MR) is 160 cm³/mol.